The first kappa shape index (κ1) is 16.1. The number of thioether (sulfide) groups is 1. The zero-order valence-electron chi connectivity index (χ0n) is 10.2. The molecule has 1 saturated heterocycles. The molecule has 0 bridgehead atoms. The highest BCUT2D eigenvalue weighted by Crippen LogP contribution is 2.19. The summed E-state index contributed by atoms with van der Waals surface area (Å²) in [6.45, 7) is -1.64. The number of hydrogen-bond acceptors (Lipinski definition) is 4. The number of carbonyl (C=O) groups excluding carboxylic acids is 2. The van der Waals surface area contributed by atoms with Gasteiger partial charge in [-0.3, -0.25) is 9.59 Å². The first-order valence-corrected chi connectivity index (χ1v) is 6.69. The molecule has 0 atom stereocenters. The number of rotatable bonds is 6. The highest BCUT2D eigenvalue weighted by atomic mass is 32.2. The molecule has 110 valence electrons. The Kier molecular flexibility index (Phi) is 5.92. The molecule has 0 radical (unpaired) electrons. The zero-order chi connectivity index (χ0) is 14.5. The van der Waals surface area contributed by atoms with Crippen molar-refractivity contribution >= 4 is 22.9 Å². The number of hydrogen-bond donors (Lipinski definition) is 1. The third kappa shape index (κ3) is 5.68. The molecule has 0 spiro atoms. The van der Waals surface area contributed by atoms with Crippen molar-refractivity contribution in [2.24, 2.45) is 0 Å². The zero-order valence-corrected chi connectivity index (χ0v) is 11.0. The smallest absolute Gasteiger partial charge is 0.395 e. The lowest BCUT2D eigenvalue weighted by Gasteiger charge is -2.24. The average molecular weight is 300 g/mol. The lowest BCUT2D eigenvalue weighted by molar-refractivity contribution is -0.162. The molecule has 1 fully saturated rings. The Labute approximate surface area is 112 Å². The van der Waals surface area contributed by atoms with E-state index in [1.54, 1.807) is 0 Å². The van der Waals surface area contributed by atoms with Gasteiger partial charge in [-0.15, -0.1) is 0 Å². The molecule has 2 amide bonds. The van der Waals surface area contributed by atoms with Crippen molar-refractivity contribution in [2.75, 3.05) is 38.5 Å². The van der Waals surface area contributed by atoms with Crippen LogP contribution in [0.15, 0.2) is 0 Å². The third-order valence-corrected chi connectivity index (χ3v) is 3.43. The van der Waals surface area contributed by atoms with E-state index in [0.717, 1.165) is 11.8 Å². The standard InChI is InChI=1S/C10H15F3N2O3S/c11-10(12,13)7-15(3-5-16)8(17)1-2-14-4-6-19-9(14)18/h16H,1-7H2. The Bertz CT molecular complexity index is 338. The molecular formula is C10H15F3N2O3S. The van der Waals surface area contributed by atoms with Gasteiger partial charge < -0.3 is 14.9 Å². The number of carbonyl (C=O) groups is 2. The largest absolute Gasteiger partial charge is 0.406 e. The van der Waals surface area contributed by atoms with Crippen LogP contribution in [-0.4, -0.2) is 70.8 Å². The first-order chi connectivity index (χ1) is 8.83. The Morgan fingerprint density at radius 1 is 1.47 bits per heavy atom. The van der Waals surface area contributed by atoms with Crippen molar-refractivity contribution in [3.05, 3.63) is 0 Å². The van der Waals surface area contributed by atoms with E-state index >= 15 is 0 Å². The molecule has 1 heterocycles. The Morgan fingerprint density at radius 2 is 2.16 bits per heavy atom. The topological polar surface area (TPSA) is 60.9 Å². The summed E-state index contributed by atoms with van der Waals surface area (Å²) in [7, 11) is 0. The van der Waals surface area contributed by atoms with Gasteiger partial charge in [0.1, 0.15) is 6.54 Å². The molecular weight excluding hydrogens is 285 g/mol. The van der Waals surface area contributed by atoms with Gasteiger partial charge in [0.15, 0.2) is 0 Å². The van der Waals surface area contributed by atoms with Crippen LogP contribution in [0.1, 0.15) is 6.42 Å². The fraction of sp³-hybridized carbons (Fsp3) is 0.800. The third-order valence-electron chi connectivity index (χ3n) is 2.53. The van der Waals surface area contributed by atoms with Crippen LogP contribution in [0.25, 0.3) is 0 Å². The molecule has 0 aromatic carbocycles. The molecule has 1 N–H and O–H groups in total. The Hall–Kier alpha value is -0.960. The number of halogens is 3. The lowest BCUT2D eigenvalue weighted by Crippen LogP contribution is -2.42. The van der Waals surface area contributed by atoms with Gasteiger partial charge in [-0.2, -0.15) is 13.2 Å². The van der Waals surface area contributed by atoms with Crippen molar-refractivity contribution in [3.63, 3.8) is 0 Å². The Morgan fingerprint density at radius 3 is 2.63 bits per heavy atom. The second-order valence-electron chi connectivity index (χ2n) is 4.01. The quantitative estimate of drug-likeness (QED) is 0.793. The summed E-state index contributed by atoms with van der Waals surface area (Å²) in [5.41, 5.74) is 0. The van der Waals surface area contributed by atoms with E-state index in [9.17, 15) is 22.8 Å². The summed E-state index contributed by atoms with van der Waals surface area (Å²) < 4.78 is 36.7. The molecule has 1 aliphatic heterocycles. The summed E-state index contributed by atoms with van der Waals surface area (Å²) in [5, 5.41) is 8.52. The fourth-order valence-electron chi connectivity index (χ4n) is 1.65. The predicted octanol–water partition coefficient (Wildman–Crippen LogP) is 0.928. The molecule has 19 heavy (non-hydrogen) atoms. The van der Waals surface area contributed by atoms with E-state index in [4.69, 9.17) is 5.11 Å². The lowest BCUT2D eigenvalue weighted by atomic mass is 10.3. The summed E-state index contributed by atoms with van der Waals surface area (Å²) in [6.07, 6.45) is -4.66. The number of amides is 2. The van der Waals surface area contributed by atoms with Crippen LogP contribution in [0, 0.1) is 0 Å². The highest BCUT2D eigenvalue weighted by molar-refractivity contribution is 8.13. The van der Waals surface area contributed by atoms with Gasteiger partial charge >= 0.3 is 6.18 Å². The number of nitrogens with zero attached hydrogens (tertiary/aromatic N) is 2. The molecule has 9 heteroatoms. The number of aliphatic hydroxyl groups excluding tert-OH is 1. The van der Waals surface area contributed by atoms with Gasteiger partial charge in [-0.05, 0) is 0 Å². The minimum Gasteiger partial charge on any atom is -0.395 e. The van der Waals surface area contributed by atoms with E-state index in [-0.39, 0.29) is 24.7 Å². The average Bonchev–Trinajstić information content (AvgIpc) is 2.69. The van der Waals surface area contributed by atoms with Gasteiger partial charge in [-0.1, -0.05) is 11.8 Å². The van der Waals surface area contributed by atoms with Gasteiger partial charge in [0, 0.05) is 31.8 Å². The molecule has 0 aliphatic carbocycles. The molecule has 0 saturated carbocycles. The first-order valence-electron chi connectivity index (χ1n) is 5.70. The number of aliphatic hydroxyl groups is 1. The number of alkyl halides is 3. The fourth-order valence-corrected chi connectivity index (χ4v) is 2.50. The van der Waals surface area contributed by atoms with E-state index in [0.29, 0.717) is 17.2 Å². The predicted molar refractivity (Wildman–Crippen MR) is 63.8 cm³/mol. The molecule has 5 nitrogen and oxygen atoms in total. The van der Waals surface area contributed by atoms with Gasteiger partial charge in [0.05, 0.1) is 6.61 Å². The van der Waals surface area contributed by atoms with Crippen LogP contribution in [0.2, 0.25) is 0 Å². The summed E-state index contributed by atoms with van der Waals surface area (Å²) >= 11 is 1.13. The van der Waals surface area contributed by atoms with Crippen LogP contribution in [-0.2, 0) is 4.79 Å². The summed E-state index contributed by atoms with van der Waals surface area (Å²) in [5.74, 6) is -0.0771. The molecule has 0 aromatic heterocycles. The van der Waals surface area contributed by atoms with Crippen LogP contribution in [0.4, 0.5) is 18.0 Å². The second-order valence-corrected chi connectivity index (χ2v) is 5.05. The summed E-state index contributed by atoms with van der Waals surface area (Å²) in [6, 6.07) is 0. The van der Waals surface area contributed by atoms with E-state index in [1.807, 2.05) is 0 Å². The maximum Gasteiger partial charge on any atom is 0.406 e. The van der Waals surface area contributed by atoms with Crippen molar-refractivity contribution in [1.82, 2.24) is 9.80 Å². The van der Waals surface area contributed by atoms with Crippen LogP contribution >= 0.6 is 11.8 Å². The minimum atomic E-state index is -4.50. The van der Waals surface area contributed by atoms with Crippen LogP contribution in [0.3, 0.4) is 0 Å². The monoisotopic (exact) mass is 300 g/mol. The van der Waals surface area contributed by atoms with Gasteiger partial charge in [0.2, 0.25) is 5.91 Å². The van der Waals surface area contributed by atoms with E-state index < -0.39 is 25.2 Å². The molecule has 1 rings (SSSR count). The SMILES string of the molecule is O=C(CCN1CCSC1=O)N(CCO)CC(F)(F)F. The van der Waals surface area contributed by atoms with Gasteiger partial charge in [-0.25, -0.2) is 0 Å². The maximum absolute atomic E-state index is 12.2. The van der Waals surface area contributed by atoms with Gasteiger partial charge in [0.25, 0.3) is 5.24 Å². The second kappa shape index (κ2) is 6.99. The Balaban J connectivity index is 2.45. The maximum atomic E-state index is 12.2. The summed E-state index contributed by atoms with van der Waals surface area (Å²) in [4.78, 5) is 24.9. The van der Waals surface area contributed by atoms with Crippen LogP contribution < -0.4 is 0 Å². The molecule has 1 aliphatic rings. The van der Waals surface area contributed by atoms with Crippen molar-refractivity contribution in [1.29, 1.82) is 0 Å². The van der Waals surface area contributed by atoms with Crippen molar-refractivity contribution in [2.45, 2.75) is 12.6 Å². The van der Waals surface area contributed by atoms with Crippen LogP contribution in [0.5, 0.6) is 0 Å². The van der Waals surface area contributed by atoms with Crippen molar-refractivity contribution < 1.29 is 27.9 Å². The molecule has 0 unspecified atom stereocenters. The van der Waals surface area contributed by atoms with E-state index in [1.165, 1.54) is 4.90 Å². The van der Waals surface area contributed by atoms with Crippen molar-refractivity contribution in [3.8, 4) is 0 Å². The molecule has 0 aromatic rings. The minimum absolute atomic E-state index is 0.116. The van der Waals surface area contributed by atoms with E-state index in [2.05, 4.69) is 0 Å². The highest BCUT2D eigenvalue weighted by Gasteiger charge is 2.33. The normalized spacial score (nSPS) is 16.0.